The number of alkyl halides is 2. The van der Waals surface area contributed by atoms with Crippen LogP contribution in [0.3, 0.4) is 0 Å². The van der Waals surface area contributed by atoms with E-state index in [9.17, 15) is 0 Å². The van der Waals surface area contributed by atoms with Crippen molar-refractivity contribution in [3.63, 3.8) is 0 Å². The molecule has 7 rings (SSSR count). The second-order valence-corrected chi connectivity index (χ2v) is 19.1. The van der Waals surface area contributed by atoms with E-state index in [0.717, 1.165) is 13.1 Å². The summed E-state index contributed by atoms with van der Waals surface area (Å²) in [6, 6.07) is 71.9. The fourth-order valence-electron chi connectivity index (χ4n) is 5.84. The molecule has 0 amide bonds. The van der Waals surface area contributed by atoms with E-state index >= 15 is 0 Å². The van der Waals surface area contributed by atoms with E-state index in [-0.39, 0.29) is 50.4 Å². The van der Waals surface area contributed by atoms with Gasteiger partial charge in [-0.25, -0.2) is 0 Å². The van der Waals surface area contributed by atoms with Gasteiger partial charge in [-0.15, -0.1) is 34.3 Å². The zero-order valence-corrected chi connectivity index (χ0v) is 42.5. The van der Waals surface area contributed by atoms with E-state index in [4.69, 9.17) is 23.2 Å². The van der Waals surface area contributed by atoms with Crippen molar-refractivity contribution in [2.75, 3.05) is 33.5 Å². The van der Waals surface area contributed by atoms with Crippen LogP contribution in [0.15, 0.2) is 199 Å². The van der Waals surface area contributed by atoms with Crippen LogP contribution >= 0.6 is 55.0 Å². The average Bonchev–Trinajstić information content (AvgIpc) is 3.23. The summed E-state index contributed by atoms with van der Waals surface area (Å²) in [6.45, 7) is 1.89. The maximum absolute atomic E-state index is 4.76. The third kappa shape index (κ3) is 17.8. The van der Waals surface area contributed by atoms with Crippen LogP contribution < -0.4 is 55.8 Å². The maximum Gasteiger partial charge on any atom is 2.00 e. The molecule has 0 aromatic heterocycles. The molecule has 0 N–H and O–H groups in total. The standard InChI is InChI=1S/2C18H15P.C12H18BrN2.CH2Cl2.HI.Pt/c2*1-4-10-16(11-5-1)19(17-12-6-2-7-13-17)18-14-8-3-9-15-18;1-14(2)8-10-6-5-7-11(12(10)13)9-15(3)4;2-1-3;;/h2*1-15H;6-7H,8-9H2,1-4H3;1H2;1H;/q;;-1;;;+2/p-1. The van der Waals surface area contributed by atoms with Crippen LogP contribution in [0.1, 0.15) is 11.1 Å². The van der Waals surface area contributed by atoms with Crippen LogP contribution in [-0.4, -0.2) is 43.3 Å². The smallest absolute Gasteiger partial charge is 1.00 e. The molecule has 0 aliphatic heterocycles. The Bertz CT molecular complexity index is 1740. The molecule has 0 saturated heterocycles. The van der Waals surface area contributed by atoms with Crippen molar-refractivity contribution >= 4 is 86.8 Å². The summed E-state index contributed by atoms with van der Waals surface area (Å²) in [5.74, 6) is 0. The van der Waals surface area contributed by atoms with E-state index in [1.54, 1.807) is 0 Å². The topological polar surface area (TPSA) is 6.48 Å². The predicted molar refractivity (Wildman–Crippen MR) is 255 cm³/mol. The molecule has 0 radical (unpaired) electrons. The van der Waals surface area contributed by atoms with Gasteiger partial charge in [0.25, 0.3) is 0 Å². The first kappa shape index (κ1) is 51.9. The molecule has 0 heterocycles. The minimum Gasteiger partial charge on any atom is -1.00 e. The van der Waals surface area contributed by atoms with Crippen LogP contribution in [0, 0.1) is 6.07 Å². The van der Waals surface area contributed by atoms with Gasteiger partial charge >= 0.3 is 21.1 Å². The Kier molecular flexibility index (Phi) is 26.8. The van der Waals surface area contributed by atoms with Gasteiger partial charge < -0.3 is 33.8 Å². The molecule has 9 heteroatoms. The van der Waals surface area contributed by atoms with Crippen molar-refractivity contribution in [2.24, 2.45) is 0 Å². The Hall–Kier alpha value is -2.20. The molecule has 2 nitrogen and oxygen atoms in total. The van der Waals surface area contributed by atoms with Gasteiger partial charge in [-0.3, -0.25) is 0 Å². The minimum atomic E-state index is -0.446. The Morgan fingerprint density at radius 2 is 0.621 bits per heavy atom. The summed E-state index contributed by atoms with van der Waals surface area (Å²) in [5.41, 5.74) is 2.58. The molecule has 0 aliphatic carbocycles. The Labute approximate surface area is 400 Å². The van der Waals surface area contributed by atoms with E-state index in [2.05, 4.69) is 242 Å². The van der Waals surface area contributed by atoms with Crippen molar-refractivity contribution in [1.82, 2.24) is 9.80 Å². The number of hydrogen-bond acceptors (Lipinski definition) is 2. The van der Waals surface area contributed by atoms with Gasteiger partial charge in [-0.2, -0.15) is 18.2 Å². The van der Waals surface area contributed by atoms with Crippen molar-refractivity contribution < 1.29 is 45.0 Å². The monoisotopic (exact) mass is 1200 g/mol. The van der Waals surface area contributed by atoms with Crippen LogP contribution in [0.5, 0.6) is 0 Å². The predicted octanol–water partition coefficient (Wildman–Crippen LogP) is 7.69. The van der Waals surface area contributed by atoms with Crippen molar-refractivity contribution in [3.8, 4) is 0 Å². The molecular formula is C49H50BrCl2IN2P2Pt. The van der Waals surface area contributed by atoms with E-state index in [0.29, 0.717) is 0 Å². The number of halogens is 4. The summed E-state index contributed by atoms with van der Waals surface area (Å²) in [5, 5.41) is 8.58. The Morgan fingerprint density at radius 3 is 0.793 bits per heavy atom. The van der Waals surface area contributed by atoms with Gasteiger partial charge in [0.2, 0.25) is 0 Å². The molecule has 304 valence electrons. The van der Waals surface area contributed by atoms with Gasteiger partial charge in [-0.1, -0.05) is 202 Å². The fourth-order valence-corrected chi connectivity index (χ4v) is 10.9. The van der Waals surface area contributed by atoms with E-state index < -0.39 is 15.8 Å². The number of hydrogen-bond donors (Lipinski definition) is 0. The van der Waals surface area contributed by atoms with Gasteiger partial charge in [0, 0.05) is 0 Å². The zero-order valence-electron chi connectivity index (χ0n) is 33.2. The number of benzene rings is 7. The molecule has 0 saturated carbocycles. The van der Waals surface area contributed by atoms with Gasteiger partial charge in [0.15, 0.2) is 0 Å². The molecule has 0 spiro atoms. The van der Waals surface area contributed by atoms with Crippen LogP contribution in [0.2, 0.25) is 0 Å². The molecular weight excluding hydrogens is 1150 g/mol. The molecule has 58 heavy (non-hydrogen) atoms. The van der Waals surface area contributed by atoms with Crippen molar-refractivity contribution in [1.29, 1.82) is 0 Å². The second kappa shape index (κ2) is 29.9. The quantitative estimate of drug-likeness (QED) is 0.0601. The van der Waals surface area contributed by atoms with Crippen molar-refractivity contribution in [2.45, 2.75) is 13.1 Å². The first-order chi connectivity index (χ1) is 27.3. The van der Waals surface area contributed by atoms with Crippen molar-refractivity contribution in [3.05, 3.63) is 216 Å². The van der Waals surface area contributed by atoms with Gasteiger partial charge in [-0.05, 0) is 89.0 Å². The normalized spacial score (nSPS) is 10.2. The third-order valence-electron chi connectivity index (χ3n) is 8.14. The van der Waals surface area contributed by atoms with Gasteiger partial charge in [0.1, 0.15) is 0 Å². The summed E-state index contributed by atoms with van der Waals surface area (Å²) in [4.78, 5) is 4.32. The fraction of sp³-hybridized carbons (Fsp3) is 0.143. The first-order valence-electron chi connectivity index (χ1n) is 18.3. The minimum absolute atomic E-state index is 0. The maximum atomic E-state index is 4.76. The number of rotatable bonds is 10. The Balaban J connectivity index is 0.000000288. The molecule has 0 aliphatic rings. The summed E-state index contributed by atoms with van der Waals surface area (Å²) in [6.07, 6.45) is 0. The molecule has 7 aromatic carbocycles. The van der Waals surface area contributed by atoms with Crippen LogP contribution in [0.4, 0.5) is 0 Å². The van der Waals surface area contributed by atoms with Crippen LogP contribution in [0.25, 0.3) is 0 Å². The molecule has 7 aromatic rings. The average molecular weight is 1200 g/mol. The van der Waals surface area contributed by atoms with E-state index in [1.165, 1.54) is 47.4 Å². The molecule has 0 unspecified atom stereocenters. The van der Waals surface area contributed by atoms with E-state index in [1.807, 2.05) is 12.1 Å². The summed E-state index contributed by atoms with van der Waals surface area (Å²) in [7, 11) is 7.41. The molecule has 0 atom stereocenters. The first-order valence-corrected chi connectivity index (χ1v) is 22.9. The summed E-state index contributed by atoms with van der Waals surface area (Å²) < 4.78 is 1.21. The largest absolute Gasteiger partial charge is 2.00 e. The van der Waals surface area contributed by atoms with Gasteiger partial charge in [0.05, 0.1) is 5.34 Å². The van der Waals surface area contributed by atoms with Crippen LogP contribution in [-0.2, 0) is 34.2 Å². The zero-order chi connectivity index (χ0) is 40.0. The number of nitrogens with zero attached hydrogens (tertiary/aromatic N) is 2. The molecule has 0 fully saturated rings. The second-order valence-electron chi connectivity index (χ2n) is 13.1. The summed E-state index contributed by atoms with van der Waals surface area (Å²) >= 11 is 13.2. The SMILES string of the molecule is CN(C)Cc1c[c-]cc(CN(C)C)c1Br.ClCCl.[I-].[Pt+2].c1ccc(P(c2ccccc2)c2ccccc2)cc1.c1ccc(P(c2ccccc2)c2ccccc2)cc1. The third-order valence-corrected chi connectivity index (χ3v) is 14.0. The Morgan fingerprint density at radius 1 is 0.431 bits per heavy atom. The molecule has 0 bridgehead atoms.